The molecule has 1 spiro atoms. The summed E-state index contributed by atoms with van der Waals surface area (Å²) in [5, 5.41) is 2.94. The lowest BCUT2D eigenvalue weighted by atomic mass is 9.91. The monoisotopic (exact) mass is 390 g/mol. The Balaban J connectivity index is 1.70. The maximum Gasteiger partial charge on any atom is 0.254 e. The lowest BCUT2D eigenvalue weighted by Crippen LogP contribution is -2.61. The van der Waals surface area contributed by atoms with Gasteiger partial charge in [-0.25, -0.2) is 0 Å². The molecule has 1 saturated heterocycles. The molecule has 1 aromatic carbocycles. The topological polar surface area (TPSA) is 77.1 Å². The van der Waals surface area contributed by atoms with Gasteiger partial charge in [-0.2, -0.15) is 0 Å². The van der Waals surface area contributed by atoms with Crippen molar-refractivity contribution in [1.82, 2.24) is 10.2 Å². The van der Waals surface area contributed by atoms with Gasteiger partial charge in [0.15, 0.2) is 5.60 Å². The first kappa shape index (κ1) is 20.6. The molecule has 154 valence electrons. The van der Waals surface area contributed by atoms with Crippen LogP contribution in [0.15, 0.2) is 24.3 Å². The molecule has 0 bridgehead atoms. The molecule has 0 saturated carbocycles. The molecule has 1 N–H and O–H groups in total. The van der Waals surface area contributed by atoms with E-state index in [0.29, 0.717) is 39.3 Å². The van der Waals surface area contributed by atoms with Crippen molar-refractivity contribution < 1.29 is 23.8 Å². The van der Waals surface area contributed by atoms with E-state index in [2.05, 4.69) is 11.4 Å². The molecule has 2 heterocycles. The highest BCUT2D eigenvalue weighted by Crippen LogP contribution is 2.27. The molecule has 7 heteroatoms. The zero-order valence-electron chi connectivity index (χ0n) is 16.6. The number of fused-ring (bicyclic) bond motifs is 1. The Hall–Kier alpha value is -2.12. The third-order valence-electron chi connectivity index (χ3n) is 5.28. The number of benzene rings is 1. The Morgan fingerprint density at radius 2 is 2.14 bits per heavy atom. The van der Waals surface area contributed by atoms with Crippen LogP contribution in [0.25, 0.3) is 0 Å². The fourth-order valence-electron chi connectivity index (χ4n) is 3.74. The van der Waals surface area contributed by atoms with E-state index in [0.717, 1.165) is 25.0 Å². The van der Waals surface area contributed by atoms with Gasteiger partial charge in [0.25, 0.3) is 5.91 Å². The third kappa shape index (κ3) is 5.02. The largest absolute Gasteiger partial charge is 0.491 e. The predicted octanol–water partition coefficient (Wildman–Crippen LogP) is 1.54. The molecule has 2 amide bonds. The van der Waals surface area contributed by atoms with Crippen LogP contribution in [0.3, 0.4) is 0 Å². The molecule has 1 aromatic rings. The molecular formula is C21H30N2O5. The Kier molecular flexibility index (Phi) is 7.28. The van der Waals surface area contributed by atoms with Crippen molar-refractivity contribution in [3.63, 3.8) is 0 Å². The van der Waals surface area contributed by atoms with E-state index in [9.17, 15) is 9.59 Å². The van der Waals surface area contributed by atoms with Gasteiger partial charge in [0.2, 0.25) is 5.91 Å². The third-order valence-corrected chi connectivity index (χ3v) is 5.28. The number of hydrogen-bond donors (Lipinski definition) is 1. The Bertz CT molecular complexity index is 681. The highest BCUT2D eigenvalue weighted by molar-refractivity contribution is 5.87. The molecule has 0 aromatic heterocycles. The van der Waals surface area contributed by atoms with Crippen molar-refractivity contribution in [2.75, 3.05) is 46.1 Å². The number of rotatable bonds is 3. The van der Waals surface area contributed by atoms with Crippen molar-refractivity contribution in [3.8, 4) is 5.75 Å². The highest BCUT2D eigenvalue weighted by Gasteiger charge is 2.44. The minimum absolute atomic E-state index is 0.0405. The summed E-state index contributed by atoms with van der Waals surface area (Å²) in [6, 6.07) is 8.03. The van der Waals surface area contributed by atoms with Crippen LogP contribution in [0.4, 0.5) is 0 Å². The van der Waals surface area contributed by atoms with Crippen molar-refractivity contribution in [2.45, 2.75) is 38.2 Å². The van der Waals surface area contributed by atoms with Gasteiger partial charge in [-0.15, -0.1) is 0 Å². The van der Waals surface area contributed by atoms with Gasteiger partial charge in [-0.05, 0) is 44.2 Å². The first-order valence-electron chi connectivity index (χ1n) is 10.1. The molecule has 2 aliphatic heterocycles. The van der Waals surface area contributed by atoms with Gasteiger partial charge in [-0.1, -0.05) is 18.2 Å². The zero-order chi connectivity index (χ0) is 19.8. The van der Waals surface area contributed by atoms with Gasteiger partial charge in [-0.3, -0.25) is 9.59 Å². The Morgan fingerprint density at radius 1 is 1.29 bits per heavy atom. The average Bonchev–Trinajstić information content (AvgIpc) is 2.72. The SMILES string of the molecule is CCOCC(=O)N1CCOC2(CCCCc3ccccc3OCCNC2=O)C1. The van der Waals surface area contributed by atoms with Crippen LogP contribution in [-0.4, -0.2) is 68.4 Å². The van der Waals surface area contributed by atoms with Crippen LogP contribution in [0.1, 0.15) is 31.7 Å². The second-order valence-corrected chi connectivity index (χ2v) is 7.21. The van der Waals surface area contributed by atoms with Crippen LogP contribution in [0.5, 0.6) is 5.75 Å². The molecule has 2 aliphatic rings. The molecule has 7 nitrogen and oxygen atoms in total. The van der Waals surface area contributed by atoms with Crippen LogP contribution < -0.4 is 10.1 Å². The van der Waals surface area contributed by atoms with E-state index in [-0.39, 0.29) is 25.0 Å². The highest BCUT2D eigenvalue weighted by atomic mass is 16.5. The zero-order valence-corrected chi connectivity index (χ0v) is 16.6. The summed E-state index contributed by atoms with van der Waals surface area (Å²) < 4.78 is 17.1. The quantitative estimate of drug-likeness (QED) is 0.847. The van der Waals surface area contributed by atoms with E-state index in [4.69, 9.17) is 14.2 Å². The number of ether oxygens (including phenoxy) is 3. The molecule has 1 fully saturated rings. The minimum atomic E-state index is -1.00. The fraction of sp³-hybridized carbons (Fsp3) is 0.619. The Labute approximate surface area is 166 Å². The normalized spacial score (nSPS) is 23.8. The maximum absolute atomic E-state index is 13.0. The molecule has 0 radical (unpaired) electrons. The second-order valence-electron chi connectivity index (χ2n) is 7.21. The average molecular weight is 390 g/mol. The summed E-state index contributed by atoms with van der Waals surface area (Å²) in [7, 11) is 0. The van der Waals surface area contributed by atoms with Gasteiger partial charge < -0.3 is 24.4 Å². The second kappa shape index (κ2) is 9.89. The summed E-state index contributed by atoms with van der Waals surface area (Å²) >= 11 is 0. The van der Waals surface area contributed by atoms with Gasteiger partial charge in [0, 0.05) is 13.2 Å². The van der Waals surface area contributed by atoms with Crippen molar-refractivity contribution in [2.24, 2.45) is 0 Å². The number of nitrogens with one attached hydrogen (secondary N) is 1. The van der Waals surface area contributed by atoms with Crippen molar-refractivity contribution in [3.05, 3.63) is 29.8 Å². The van der Waals surface area contributed by atoms with Crippen LogP contribution in [0, 0.1) is 0 Å². The van der Waals surface area contributed by atoms with E-state index >= 15 is 0 Å². The molecular weight excluding hydrogens is 360 g/mol. The number of nitrogens with zero attached hydrogens (tertiary/aromatic N) is 1. The fourth-order valence-corrected chi connectivity index (χ4v) is 3.74. The maximum atomic E-state index is 13.0. The summed E-state index contributed by atoms with van der Waals surface area (Å²) in [4.78, 5) is 27.1. The van der Waals surface area contributed by atoms with Gasteiger partial charge >= 0.3 is 0 Å². The van der Waals surface area contributed by atoms with E-state index in [1.54, 1.807) is 4.90 Å². The number of para-hydroxylation sites is 1. The molecule has 1 atom stereocenters. The van der Waals surface area contributed by atoms with E-state index < -0.39 is 5.60 Å². The molecule has 3 rings (SSSR count). The predicted molar refractivity (Wildman–Crippen MR) is 104 cm³/mol. The lowest BCUT2D eigenvalue weighted by molar-refractivity contribution is -0.169. The number of hydrogen-bond acceptors (Lipinski definition) is 5. The number of morpholine rings is 1. The van der Waals surface area contributed by atoms with Crippen LogP contribution in [-0.2, 0) is 25.5 Å². The van der Waals surface area contributed by atoms with Crippen molar-refractivity contribution >= 4 is 11.8 Å². The van der Waals surface area contributed by atoms with Crippen LogP contribution >= 0.6 is 0 Å². The van der Waals surface area contributed by atoms with E-state index in [1.165, 1.54) is 5.56 Å². The number of carbonyl (C=O) groups excluding carboxylic acids is 2. The summed E-state index contributed by atoms with van der Waals surface area (Å²) in [5.41, 5.74) is 0.181. The molecule has 28 heavy (non-hydrogen) atoms. The lowest BCUT2D eigenvalue weighted by Gasteiger charge is -2.41. The van der Waals surface area contributed by atoms with Gasteiger partial charge in [0.1, 0.15) is 19.0 Å². The van der Waals surface area contributed by atoms with Crippen LogP contribution in [0.2, 0.25) is 0 Å². The van der Waals surface area contributed by atoms with E-state index in [1.807, 2.05) is 25.1 Å². The standard InChI is InChI=1S/C21H30N2O5/c1-2-26-15-19(24)23-12-14-28-21(16-23)10-6-5-8-17-7-3-4-9-18(17)27-13-11-22-20(21)25/h3-4,7,9H,2,5-6,8,10-16H2,1H3,(H,22,25). The number of aryl methyl sites for hydroxylation is 1. The first-order valence-corrected chi connectivity index (χ1v) is 10.1. The minimum Gasteiger partial charge on any atom is -0.491 e. The summed E-state index contributed by atoms with van der Waals surface area (Å²) in [6.07, 6.45) is 3.22. The van der Waals surface area contributed by atoms with Gasteiger partial charge in [0.05, 0.1) is 19.7 Å². The number of carbonyl (C=O) groups is 2. The first-order chi connectivity index (χ1) is 13.6. The number of amides is 2. The Morgan fingerprint density at radius 3 is 3.00 bits per heavy atom. The summed E-state index contributed by atoms with van der Waals surface area (Å²) in [6.45, 7) is 4.28. The molecule has 0 aliphatic carbocycles. The summed E-state index contributed by atoms with van der Waals surface area (Å²) in [5.74, 6) is 0.619. The smallest absolute Gasteiger partial charge is 0.254 e. The van der Waals surface area contributed by atoms with Crippen molar-refractivity contribution in [1.29, 1.82) is 0 Å². The molecule has 1 unspecified atom stereocenters.